The van der Waals surface area contributed by atoms with Gasteiger partial charge in [0.15, 0.2) is 23.1 Å². The van der Waals surface area contributed by atoms with Crippen LogP contribution in [-0.4, -0.2) is 56.0 Å². The summed E-state index contributed by atoms with van der Waals surface area (Å²) >= 11 is 0. The number of nitrogens with two attached hydrogens (primary N) is 2. The summed E-state index contributed by atoms with van der Waals surface area (Å²) < 4.78 is 56.8. The molecule has 0 spiro atoms. The molecule has 4 N–H and O–H groups in total. The Labute approximate surface area is 204 Å². The highest BCUT2D eigenvalue weighted by Gasteiger charge is 2.40. The number of hydrogen-bond acceptors (Lipinski definition) is 7. The van der Waals surface area contributed by atoms with Crippen molar-refractivity contribution in [1.82, 2.24) is 24.5 Å². The van der Waals surface area contributed by atoms with Gasteiger partial charge in [0.2, 0.25) is 0 Å². The summed E-state index contributed by atoms with van der Waals surface area (Å²) in [5.74, 6) is -1.71. The molecule has 8 nitrogen and oxygen atoms in total. The number of nitrogen functional groups attached to an aromatic ring is 1. The molecule has 1 aliphatic rings. The number of piperidine rings is 1. The first kappa shape index (κ1) is 23.9. The molecule has 188 valence electrons. The second kappa shape index (κ2) is 9.34. The Morgan fingerprint density at radius 2 is 1.92 bits per heavy atom. The van der Waals surface area contributed by atoms with Crippen molar-refractivity contribution < 1.29 is 17.6 Å². The summed E-state index contributed by atoms with van der Waals surface area (Å²) in [5, 5.41) is 0. The van der Waals surface area contributed by atoms with Crippen molar-refractivity contribution in [3.63, 3.8) is 0 Å². The number of pyridine rings is 1. The van der Waals surface area contributed by atoms with E-state index in [9.17, 15) is 17.6 Å². The fourth-order valence-electron chi connectivity index (χ4n) is 4.64. The first-order valence-electron chi connectivity index (χ1n) is 11.4. The van der Waals surface area contributed by atoms with E-state index in [1.165, 1.54) is 12.4 Å². The minimum atomic E-state index is -1.80. The molecule has 4 aromatic rings. The molecule has 12 heteroatoms. The van der Waals surface area contributed by atoms with Crippen LogP contribution in [0.4, 0.5) is 29.1 Å². The van der Waals surface area contributed by atoms with Crippen LogP contribution in [0.1, 0.15) is 18.4 Å². The Bertz CT molecular complexity index is 1410. The SMILES string of the molecule is Nc1ncnc2c1ncn2Cc1cc(-c2ccc(F)c(F)c2)ncc1N1CCCC(N)(C(F)CF)C1. The highest BCUT2D eigenvalue weighted by molar-refractivity contribution is 5.81. The van der Waals surface area contributed by atoms with E-state index in [4.69, 9.17) is 11.5 Å². The van der Waals surface area contributed by atoms with Gasteiger partial charge in [-0.25, -0.2) is 32.5 Å². The van der Waals surface area contributed by atoms with Gasteiger partial charge in [0, 0.05) is 18.7 Å². The van der Waals surface area contributed by atoms with Crippen LogP contribution in [0.15, 0.2) is 43.1 Å². The number of anilines is 2. The molecular formula is C24H24F4N8. The first-order valence-corrected chi connectivity index (χ1v) is 11.4. The average Bonchev–Trinajstić information content (AvgIpc) is 3.29. The number of fused-ring (bicyclic) bond motifs is 1. The van der Waals surface area contributed by atoms with E-state index >= 15 is 0 Å². The predicted molar refractivity (Wildman–Crippen MR) is 128 cm³/mol. The molecule has 1 aliphatic heterocycles. The Balaban J connectivity index is 1.58. The summed E-state index contributed by atoms with van der Waals surface area (Å²) in [7, 11) is 0. The number of hydrogen-bond donors (Lipinski definition) is 2. The zero-order chi connectivity index (χ0) is 25.4. The zero-order valence-electron chi connectivity index (χ0n) is 19.2. The molecule has 1 saturated heterocycles. The summed E-state index contributed by atoms with van der Waals surface area (Å²) in [4.78, 5) is 18.9. The van der Waals surface area contributed by atoms with Gasteiger partial charge >= 0.3 is 0 Å². The third-order valence-corrected chi connectivity index (χ3v) is 6.61. The normalized spacial score (nSPS) is 19.1. The lowest BCUT2D eigenvalue weighted by Gasteiger charge is -2.43. The standard InChI is InChI=1S/C24H24F4N8/c25-8-20(28)24(30)4-1-5-35(11-24)19-9-31-18(14-2-3-16(26)17(27)6-14)7-15(19)10-36-13-34-21-22(29)32-12-33-23(21)36/h2-3,6-7,9,12-13,20H,1,4-5,8,10-11,30H2,(H2,29,32,33). The molecule has 3 aromatic heterocycles. The number of alkyl halides is 2. The highest BCUT2D eigenvalue weighted by Crippen LogP contribution is 2.33. The lowest BCUT2D eigenvalue weighted by Crippen LogP contribution is -2.60. The molecule has 0 bridgehead atoms. The number of halogens is 4. The minimum absolute atomic E-state index is 0.0943. The third-order valence-electron chi connectivity index (χ3n) is 6.61. The lowest BCUT2D eigenvalue weighted by atomic mass is 9.85. The van der Waals surface area contributed by atoms with Gasteiger partial charge in [0.05, 0.1) is 36.0 Å². The topological polar surface area (TPSA) is 112 Å². The largest absolute Gasteiger partial charge is 0.382 e. The minimum Gasteiger partial charge on any atom is -0.382 e. The van der Waals surface area contributed by atoms with Crippen LogP contribution in [0, 0.1) is 11.6 Å². The van der Waals surface area contributed by atoms with Gasteiger partial charge in [0.1, 0.15) is 24.7 Å². The van der Waals surface area contributed by atoms with Gasteiger partial charge in [-0.3, -0.25) is 4.98 Å². The first-order chi connectivity index (χ1) is 17.3. The Kier molecular flexibility index (Phi) is 6.20. The summed E-state index contributed by atoms with van der Waals surface area (Å²) in [6, 6.07) is 5.29. The Hall–Kier alpha value is -3.80. The maximum atomic E-state index is 14.4. The number of imidazole rings is 1. The van der Waals surface area contributed by atoms with Crippen LogP contribution in [0.5, 0.6) is 0 Å². The maximum absolute atomic E-state index is 14.4. The molecule has 0 aliphatic carbocycles. The van der Waals surface area contributed by atoms with E-state index < -0.39 is 30.0 Å². The van der Waals surface area contributed by atoms with Gasteiger partial charge in [0.25, 0.3) is 0 Å². The fraction of sp³-hybridized carbons (Fsp3) is 0.333. The molecule has 36 heavy (non-hydrogen) atoms. The van der Waals surface area contributed by atoms with E-state index in [0.717, 1.165) is 17.7 Å². The second-order valence-electron chi connectivity index (χ2n) is 9.01. The molecule has 2 unspecified atom stereocenters. The quantitative estimate of drug-likeness (QED) is 0.390. The van der Waals surface area contributed by atoms with Crippen molar-refractivity contribution >= 4 is 22.7 Å². The molecule has 0 saturated carbocycles. The Morgan fingerprint density at radius 3 is 2.69 bits per heavy atom. The zero-order valence-corrected chi connectivity index (χ0v) is 19.2. The summed E-state index contributed by atoms with van der Waals surface area (Å²) in [6.07, 6.45) is 3.62. The molecule has 1 fully saturated rings. The summed E-state index contributed by atoms with van der Waals surface area (Å²) in [6.45, 7) is -0.238. The molecule has 0 amide bonds. The van der Waals surface area contributed by atoms with E-state index in [0.29, 0.717) is 47.5 Å². The van der Waals surface area contributed by atoms with Gasteiger partial charge in [-0.15, -0.1) is 0 Å². The number of nitrogens with zero attached hydrogens (tertiary/aromatic N) is 6. The van der Waals surface area contributed by atoms with E-state index in [1.807, 2.05) is 4.90 Å². The predicted octanol–water partition coefficient (Wildman–Crippen LogP) is 3.40. The molecule has 0 radical (unpaired) electrons. The molecule has 5 rings (SSSR count). The summed E-state index contributed by atoms with van der Waals surface area (Å²) in [5.41, 5.74) is 14.0. The molecule has 1 aromatic carbocycles. The van der Waals surface area contributed by atoms with Crippen molar-refractivity contribution in [3.8, 4) is 11.3 Å². The van der Waals surface area contributed by atoms with Crippen molar-refractivity contribution in [1.29, 1.82) is 0 Å². The van der Waals surface area contributed by atoms with E-state index in [2.05, 4.69) is 19.9 Å². The average molecular weight is 501 g/mol. The lowest BCUT2D eigenvalue weighted by molar-refractivity contribution is 0.134. The highest BCUT2D eigenvalue weighted by atomic mass is 19.2. The van der Waals surface area contributed by atoms with Crippen LogP contribution in [-0.2, 0) is 6.54 Å². The maximum Gasteiger partial charge on any atom is 0.165 e. The van der Waals surface area contributed by atoms with Crippen LogP contribution in [0.25, 0.3) is 22.4 Å². The Morgan fingerprint density at radius 1 is 1.08 bits per heavy atom. The smallest absolute Gasteiger partial charge is 0.165 e. The van der Waals surface area contributed by atoms with Crippen molar-refractivity contribution in [3.05, 3.63) is 60.3 Å². The van der Waals surface area contributed by atoms with Gasteiger partial charge in [-0.1, -0.05) is 0 Å². The van der Waals surface area contributed by atoms with Crippen molar-refractivity contribution in [2.75, 3.05) is 30.4 Å². The second-order valence-corrected chi connectivity index (χ2v) is 9.01. The van der Waals surface area contributed by atoms with Gasteiger partial charge in [-0.2, -0.15) is 0 Å². The van der Waals surface area contributed by atoms with Crippen LogP contribution >= 0.6 is 0 Å². The third kappa shape index (κ3) is 4.32. The monoisotopic (exact) mass is 500 g/mol. The molecule has 4 heterocycles. The van der Waals surface area contributed by atoms with Gasteiger partial charge in [-0.05, 0) is 42.7 Å². The van der Waals surface area contributed by atoms with Crippen LogP contribution in [0.3, 0.4) is 0 Å². The molecular weight excluding hydrogens is 476 g/mol. The van der Waals surface area contributed by atoms with Crippen LogP contribution in [0.2, 0.25) is 0 Å². The van der Waals surface area contributed by atoms with E-state index in [-0.39, 0.29) is 18.9 Å². The fourth-order valence-corrected chi connectivity index (χ4v) is 4.64. The van der Waals surface area contributed by atoms with E-state index in [1.54, 1.807) is 23.2 Å². The molecule has 2 atom stereocenters. The number of benzene rings is 1. The van der Waals surface area contributed by atoms with Crippen molar-refractivity contribution in [2.45, 2.75) is 31.1 Å². The number of aromatic nitrogens is 5. The number of rotatable bonds is 6. The van der Waals surface area contributed by atoms with Crippen molar-refractivity contribution in [2.24, 2.45) is 5.73 Å². The van der Waals surface area contributed by atoms with Gasteiger partial charge < -0.3 is 20.9 Å². The van der Waals surface area contributed by atoms with Crippen LogP contribution < -0.4 is 16.4 Å².